The molecule has 1 aliphatic heterocycles. The Kier molecular flexibility index (Phi) is 10.8. The molecule has 0 saturated heterocycles. The fourth-order valence-electron chi connectivity index (χ4n) is 6.77. The van der Waals surface area contributed by atoms with Crippen LogP contribution in [0, 0.1) is 0 Å². The highest BCUT2D eigenvalue weighted by atomic mass is 35.5. The lowest BCUT2D eigenvalue weighted by Crippen LogP contribution is -2.41. The zero-order chi connectivity index (χ0) is 33.8. The van der Waals surface area contributed by atoms with Gasteiger partial charge in [-0.15, -0.1) is 11.6 Å². The van der Waals surface area contributed by atoms with Crippen molar-refractivity contribution in [2.24, 2.45) is 0 Å². The highest BCUT2D eigenvalue weighted by Gasteiger charge is 2.56. The number of nitrogens with one attached hydrogen (secondary N) is 1. The summed E-state index contributed by atoms with van der Waals surface area (Å²) in [5.41, 5.74) is 5.80. The number of esters is 1. The van der Waals surface area contributed by atoms with Crippen LogP contribution < -0.4 is 15.1 Å². The number of unbranched alkanes of at least 4 members (excludes halogenated alkanes) is 3. The molecule has 2 aliphatic rings. The van der Waals surface area contributed by atoms with Gasteiger partial charge in [0.1, 0.15) is 0 Å². The van der Waals surface area contributed by atoms with Crippen molar-refractivity contribution in [1.82, 2.24) is 5.32 Å². The fourth-order valence-corrected chi connectivity index (χ4v) is 6.95. The molecular weight excluding hydrogens is 614 g/mol. The molecule has 1 N–H and O–H groups in total. The summed E-state index contributed by atoms with van der Waals surface area (Å²) in [6.45, 7) is 6.75. The normalized spacial score (nSPS) is 15.1. The molecule has 1 aliphatic carbocycles. The number of carbonyl (C=O) groups excluding carboxylic acids is 2. The van der Waals surface area contributed by atoms with Gasteiger partial charge < -0.3 is 29.3 Å². The summed E-state index contributed by atoms with van der Waals surface area (Å²) in [6.07, 6.45) is 4.30. The topological polar surface area (TPSA) is 80.3 Å². The number of hydrogen-bond donors (Lipinski definition) is 1. The van der Waals surface area contributed by atoms with Crippen molar-refractivity contribution in [3.8, 4) is 0 Å². The first-order valence-electron chi connectivity index (χ1n) is 16.5. The second kappa shape index (κ2) is 14.7. The molecule has 0 unspecified atom stereocenters. The van der Waals surface area contributed by atoms with E-state index in [1.165, 1.54) is 0 Å². The van der Waals surface area contributed by atoms with Gasteiger partial charge in [0.25, 0.3) is 5.91 Å². The van der Waals surface area contributed by atoms with Gasteiger partial charge in [0.15, 0.2) is 5.60 Å². The maximum Gasteiger partial charge on any atom is 0.340 e. The Bertz CT molecular complexity index is 1540. The van der Waals surface area contributed by atoms with Crippen molar-refractivity contribution >= 4 is 34.9 Å². The smallest absolute Gasteiger partial charge is 0.340 e. The van der Waals surface area contributed by atoms with Gasteiger partial charge in [0.05, 0.1) is 30.9 Å². The van der Waals surface area contributed by atoms with Gasteiger partial charge in [-0.25, -0.2) is 4.79 Å². The van der Waals surface area contributed by atoms with Crippen LogP contribution in [0.4, 0.5) is 11.4 Å². The summed E-state index contributed by atoms with van der Waals surface area (Å²) in [7, 11) is 8.08. The molecule has 3 aromatic rings. The number of benzene rings is 3. The number of alkyl halides is 1. The monoisotopic (exact) mass is 661 g/mol. The van der Waals surface area contributed by atoms with Gasteiger partial charge in [0, 0.05) is 80.7 Å². The molecule has 8 nitrogen and oxygen atoms in total. The largest absolute Gasteiger partial charge is 0.441 e. The summed E-state index contributed by atoms with van der Waals surface area (Å²) in [4.78, 5) is 31.6. The Morgan fingerprint density at radius 3 is 1.96 bits per heavy atom. The second-order valence-electron chi connectivity index (χ2n) is 13.3. The molecule has 0 saturated carbocycles. The molecule has 5 rings (SSSR count). The van der Waals surface area contributed by atoms with Crippen LogP contribution in [0.15, 0.2) is 54.6 Å². The standard InChI is InChI=1S/C38H48ClN3O5/c1-37(2)32-24-26(41(3)4)14-16-29(32)38(30-17-15-27(42(5)6)25-33(30)37)31-13-11-12-28(34(31)36(44)47-38)35(43)40-19-21-46-23-22-45-20-10-8-7-9-18-39/h11-17,24-25H,7-10,18-23H2,1-6H3,(H,40,43). The molecule has 9 heteroatoms. The summed E-state index contributed by atoms with van der Waals surface area (Å²) in [6, 6.07) is 18.1. The Morgan fingerprint density at radius 2 is 1.36 bits per heavy atom. The van der Waals surface area contributed by atoms with E-state index in [-0.39, 0.29) is 11.3 Å². The highest BCUT2D eigenvalue weighted by Crippen LogP contribution is 2.57. The molecule has 3 aromatic carbocycles. The highest BCUT2D eigenvalue weighted by molar-refractivity contribution is 6.17. The van der Waals surface area contributed by atoms with E-state index >= 15 is 0 Å². The number of amides is 1. The van der Waals surface area contributed by atoms with Crippen LogP contribution in [-0.2, 0) is 25.2 Å². The van der Waals surface area contributed by atoms with Gasteiger partial charge in [0.2, 0.25) is 0 Å². The molecule has 0 bridgehead atoms. The number of carbonyl (C=O) groups is 2. The molecule has 47 heavy (non-hydrogen) atoms. The maximum absolute atomic E-state index is 13.9. The van der Waals surface area contributed by atoms with Crippen LogP contribution >= 0.6 is 11.6 Å². The van der Waals surface area contributed by atoms with Crippen LogP contribution in [0.1, 0.15) is 88.1 Å². The predicted octanol–water partition coefficient (Wildman–Crippen LogP) is 6.48. The molecule has 1 spiro atoms. The van der Waals surface area contributed by atoms with E-state index in [9.17, 15) is 9.59 Å². The Morgan fingerprint density at radius 1 is 0.766 bits per heavy atom. The van der Waals surface area contributed by atoms with E-state index in [1.807, 2.05) is 40.3 Å². The molecule has 0 radical (unpaired) electrons. The van der Waals surface area contributed by atoms with Crippen molar-refractivity contribution in [3.63, 3.8) is 0 Å². The summed E-state index contributed by atoms with van der Waals surface area (Å²) < 4.78 is 17.8. The zero-order valence-corrected chi connectivity index (χ0v) is 29.3. The van der Waals surface area contributed by atoms with E-state index in [1.54, 1.807) is 6.07 Å². The molecule has 1 amide bonds. The predicted molar refractivity (Wildman–Crippen MR) is 189 cm³/mol. The lowest BCUT2D eigenvalue weighted by atomic mass is 9.61. The number of nitrogens with zero attached hydrogens (tertiary/aromatic N) is 2. The number of hydrogen-bond acceptors (Lipinski definition) is 7. The third-order valence-corrected chi connectivity index (χ3v) is 9.63. The Labute approximate surface area is 284 Å². The van der Waals surface area contributed by atoms with E-state index in [0.717, 1.165) is 59.3 Å². The quantitative estimate of drug-likeness (QED) is 0.113. The van der Waals surface area contributed by atoms with Gasteiger partial charge in [-0.05, 0) is 54.3 Å². The second-order valence-corrected chi connectivity index (χ2v) is 13.6. The zero-order valence-electron chi connectivity index (χ0n) is 28.6. The minimum atomic E-state index is -1.19. The van der Waals surface area contributed by atoms with E-state index < -0.39 is 11.6 Å². The lowest BCUT2D eigenvalue weighted by molar-refractivity contribution is 0.0230. The van der Waals surface area contributed by atoms with Gasteiger partial charge in [-0.2, -0.15) is 0 Å². The van der Waals surface area contributed by atoms with Crippen molar-refractivity contribution in [1.29, 1.82) is 0 Å². The minimum absolute atomic E-state index is 0.296. The van der Waals surface area contributed by atoms with Crippen molar-refractivity contribution < 1.29 is 23.8 Å². The van der Waals surface area contributed by atoms with Crippen molar-refractivity contribution in [3.05, 3.63) is 93.5 Å². The van der Waals surface area contributed by atoms with Gasteiger partial charge >= 0.3 is 5.97 Å². The molecule has 0 aromatic heterocycles. The average Bonchev–Trinajstić information content (AvgIpc) is 3.36. The number of halogens is 1. The van der Waals surface area contributed by atoms with E-state index in [2.05, 4.69) is 65.4 Å². The van der Waals surface area contributed by atoms with Crippen LogP contribution in [-0.4, -0.2) is 78.9 Å². The Hall–Kier alpha value is -3.59. The van der Waals surface area contributed by atoms with Crippen molar-refractivity contribution in [2.45, 2.75) is 50.5 Å². The van der Waals surface area contributed by atoms with Crippen LogP contribution in [0.25, 0.3) is 0 Å². The van der Waals surface area contributed by atoms with Crippen LogP contribution in [0.2, 0.25) is 0 Å². The van der Waals surface area contributed by atoms with Gasteiger partial charge in [-0.1, -0.05) is 51.0 Å². The molecule has 1 heterocycles. The first-order chi connectivity index (χ1) is 22.5. The fraction of sp³-hybridized carbons (Fsp3) is 0.474. The number of anilines is 2. The third-order valence-electron chi connectivity index (χ3n) is 9.36. The lowest BCUT2D eigenvalue weighted by Gasteiger charge is -2.45. The third kappa shape index (κ3) is 6.73. The minimum Gasteiger partial charge on any atom is -0.441 e. The van der Waals surface area contributed by atoms with Gasteiger partial charge in [-0.3, -0.25) is 4.79 Å². The molecule has 0 fully saturated rings. The van der Waals surface area contributed by atoms with E-state index in [0.29, 0.717) is 55.5 Å². The maximum atomic E-state index is 13.9. The average molecular weight is 662 g/mol. The number of rotatable bonds is 15. The first kappa shape index (κ1) is 34.7. The Balaban J connectivity index is 1.39. The summed E-state index contributed by atoms with van der Waals surface area (Å²) >= 11 is 5.71. The van der Waals surface area contributed by atoms with E-state index in [4.69, 9.17) is 25.8 Å². The first-order valence-corrected chi connectivity index (χ1v) is 17.1. The molecule has 252 valence electrons. The van der Waals surface area contributed by atoms with Crippen LogP contribution in [0.3, 0.4) is 0 Å². The molecular formula is C38H48ClN3O5. The molecule has 0 atom stereocenters. The number of ether oxygens (including phenoxy) is 3. The van der Waals surface area contributed by atoms with Crippen LogP contribution in [0.5, 0.6) is 0 Å². The van der Waals surface area contributed by atoms with Crippen molar-refractivity contribution in [2.75, 3.05) is 76.8 Å². The SMILES string of the molecule is CN(C)c1ccc2c(c1)C(C)(C)c1cc(N(C)C)ccc1C21OC(=O)c2c(C(=O)NCCOCCOCCCCCCCl)cccc21. The summed E-state index contributed by atoms with van der Waals surface area (Å²) in [5.74, 6) is -0.137. The number of fused-ring (bicyclic) bond motifs is 6. The summed E-state index contributed by atoms with van der Waals surface area (Å²) in [5, 5.41) is 2.93.